The Balaban J connectivity index is 0.000000596. The molecule has 2 unspecified atom stereocenters. The monoisotopic (exact) mass is 408 g/mol. The Kier molecular flexibility index (Phi) is 7.44. The van der Waals surface area contributed by atoms with Gasteiger partial charge in [0.05, 0.1) is 13.2 Å². The molecule has 0 fully saturated rings. The summed E-state index contributed by atoms with van der Waals surface area (Å²) in [4.78, 5) is 12.1. The number of ether oxygens (including phenoxy) is 1. The van der Waals surface area contributed by atoms with Crippen molar-refractivity contribution in [1.29, 1.82) is 1.28 Å². The van der Waals surface area contributed by atoms with Gasteiger partial charge in [-0.15, -0.1) is 17.9 Å². The number of carbonyl (C=O) groups is 1. The largest absolute Gasteiger partial charge is 0.463 e. The van der Waals surface area contributed by atoms with E-state index in [9.17, 15) is 4.79 Å². The van der Waals surface area contributed by atoms with Gasteiger partial charge in [-0.3, -0.25) is 4.79 Å². The Morgan fingerprint density at radius 2 is 1.58 bits per heavy atom. The highest BCUT2D eigenvalue weighted by Crippen LogP contribution is 2.29. The maximum Gasteiger partial charge on any atom is 0.311 e. The van der Waals surface area contributed by atoms with Gasteiger partial charge in [-0.2, -0.15) is 0 Å². The van der Waals surface area contributed by atoms with Crippen LogP contribution in [-0.4, -0.2) is 18.4 Å². The maximum absolute atomic E-state index is 12.1. The van der Waals surface area contributed by atoms with Gasteiger partial charge in [-0.1, -0.05) is 51.2 Å². The summed E-state index contributed by atoms with van der Waals surface area (Å²) in [5.41, 5.74) is 1.94. The molecule has 0 aliphatic rings. The van der Waals surface area contributed by atoms with E-state index in [4.69, 9.17) is 6.02 Å². The second-order valence-corrected chi connectivity index (χ2v) is 10.6. The molecule has 3 rings (SSSR count). The summed E-state index contributed by atoms with van der Waals surface area (Å²) in [6, 6.07) is 16.7. The van der Waals surface area contributed by atoms with Gasteiger partial charge in [0.25, 0.3) is 0 Å². The number of hydrogen-bond donors (Lipinski definition) is 0. The van der Waals surface area contributed by atoms with E-state index in [0.29, 0.717) is 13.2 Å². The number of rotatable bonds is 5. The first-order chi connectivity index (χ1) is 12.8. The number of carbonyl (C=O) groups excluding carboxylic acids is 1. The third-order valence-electron chi connectivity index (χ3n) is 4.66. The summed E-state index contributed by atoms with van der Waals surface area (Å²) in [7, 11) is 4.17. The molecule has 0 spiro atoms. The fourth-order valence-corrected chi connectivity index (χ4v) is 2.81. The number of hydrogen-bond acceptors (Lipinski definition) is 2. The van der Waals surface area contributed by atoms with Crippen LogP contribution in [0.4, 0.5) is 0 Å². The molecule has 0 amide bonds. The minimum absolute atomic E-state index is 0.124. The van der Waals surface area contributed by atoms with Crippen LogP contribution in [0.2, 0.25) is 0 Å². The van der Waals surface area contributed by atoms with E-state index in [-0.39, 0.29) is 5.97 Å². The molecule has 0 aliphatic heterocycles. The molecular weight excluding hydrogens is 379 g/mol. The Morgan fingerprint density at radius 3 is 2.04 bits per heavy atom. The van der Waals surface area contributed by atoms with Crippen molar-refractivity contribution in [1.82, 2.24) is 4.57 Å². The molecule has 3 nitrogen and oxygen atoms in total. The fourth-order valence-electron chi connectivity index (χ4n) is 2.81. The lowest BCUT2D eigenvalue weighted by Crippen LogP contribution is -2.26. The van der Waals surface area contributed by atoms with Crippen molar-refractivity contribution in [3.63, 3.8) is 0 Å². The highest BCUT2D eigenvalue weighted by Gasteiger charge is 2.26. The lowest BCUT2D eigenvalue weighted by Gasteiger charge is -2.20. The topological polar surface area (TPSA) is 31.2 Å². The second-order valence-electron chi connectivity index (χ2n) is 6.71. The minimum atomic E-state index is -0.537. The van der Waals surface area contributed by atoms with Gasteiger partial charge in [-0.05, 0) is 32.4 Å². The predicted molar refractivity (Wildman–Crippen MR) is 122 cm³/mol. The maximum atomic E-state index is 12.1. The first kappa shape index (κ1) is 19.8. The molecule has 2 atom stereocenters. The zero-order valence-electron chi connectivity index (χ0n) is 16.6. The molecule has 0 saturated carbocycles. The molecule has 0 N–H and O–H groups in total. The van der Waals surface area contributed by atoms with Gasteiger partial charge in [0.1, 0.15) is 6.61 Å². The molecule has 26 heavy (non-hydrogen) atoms. The highest BCUT2D eigenvalue weighted by atomic mass is 32.4. The summed E-state index contributed by atoms with van der Waals surface area (Å²) in [6.07, 6.45) is 0.779. The van der Waals surface area contributed by atoms with Gasteiger partial charge in [0, 0.05) is 21.8 Å². The van der Waals surface area contributed by atoms with Crippen LogP contribution in [0.15, 0.2) is 48.5 Å². The molecule has 1 aromatic heterocycles. The van der Waals surface area contributed by atoms with E-state index >= 15 is 0 Å². The van der Waals surface area contributed by atoms with E-state index in [1.165, 1.54) is 21.8 Å². The van der Waals surface area contributed by atoms with Crippen molar-refractivity contribution in [2.75, 3.05) is 6.61 Å². The molecule has 2 aromatic carbocycles. The van der Waals surface area contributed by atoms with E-state index < -0.39 is 13.3 Å². The molecule has 1 heterocycles. The smallest absolute Gasteiger partial charge is 0.311 e. The van der Waals surface area contributed by atoms with Crippen LogP contribution in [0.25, 0.3) is 21.8 Å². The molecule has 140 valence electrons. The highest BCUT2D eigenvalue weighted by molar-refractivity contribution is 8.33. The van der Waals surface area contributed by atoms with Gasteiger partial charge in [0.2, 0.25) is 0 Å². The van der Waals surface area contributed by atoms with Crippen LogP contribution in [-0.2, 0) is 16.1 Å². The van der Waals surface area contributed by atoms with Crippen LogP contribution in [0.1, 0.15) is 27.2 Å². The predicted octanol–water partition coefficient (Wildman–Crippen LogP) is 6.02. The van der Waals surface area contributed by atoms with E-state index in [0.717, 1.165) is 6.42 Å². The molecule has 0 bridgehead atoms. The van der Waals surface area contributed by atoms with Crippen molar-refractivity contribution in [2.45, 2.75) is 33.7 Å². The zero-order valence-corrected chi connectivity index (χ0v) is 18.8. The summed E-state index contributed by atoms with van der Waals surface area (Å²) >= 11 is 0. The Morgan fingerprint density at radius 1 is 1.12 bits per heavy atom. The van der Waals surface area contributed by atoms with Crippen LogP contribution < -0.4 is 0 Å². The normalized spacial score (nSPS) is 12.0. The summed E-state index contributed by atoms with van der Waals surface area (Å²) in [5, 5.41) is 2.48. The number of para-hydroxylation sites is 2. The second kappa shape index (κ2) is 9.80. The lowest BCUT2D eigenvalue weighted by atomic mass is 9.91. The molecule has 0 saturated heterocycles. The SMILES string of the molecule is CCC(C)(C)C(=O)OCCn1c2ccccc2c2ccccc21.[2H]P(P)P. The van der Waals surface area contributed by atoms with Gasteiger partial charge < -0.3 is 9.30 Å². The Hall–Kier alpha value is -1.000. The van der Waals surface area contributed by atoms with Crippen molar-refractivity contribution in [3.05, 3.63) is 48.5 Å². The quantitative estimate of drug-likeness (QED) is 0.382. The van der Waals surface area contributed by atoms with Crippen molar-refractivity contribution in [2.24, 2.45) is 5.41 Å². The number of esters is 1. The molecule has 3 aromatic rings. The zero-order chi connectivity index (χ0) is 20.0. The number of nitrogens with zero attached hydrogens (tertiary/aromatic N) is 1. The summed E-state index contributed by atoms with van der Waals surface area (Å²) in [6.45, 7) is 6.92. The van der Waals surface area contributed by atoms with Crippen LogP contribution in [0.5, 0.6) is 0 Å². The number of benzene rings is 2. The Labute approximate surface area is 163 Å². The average molecular weight is 408 g/mol. The van der Waals surface area contributed by atoms with Crippen LogP contribution >= 0.6 is 25.8 Å². The standard InChI is InChI=1S/C20H23NO2.H5P3/c1-4-20(2,3)19(22)23-14-13-21-17-11-7-5-9-15(17)16-10-6-8-12-18(16)21;1-3-2/h5-12H,4,13-14H2,1-3H3;3H,1-2H2/i;3D. The Bertz CT molecular complexity index is 853. The van der Waals surface area contributed by atoms with Crippen molar-refractivity contribution in [3.8, 4) is 0 Å². The van der Waals surface area contributed by atoms with E-state index in [1.807, 2.05) is 32.9 Å². The summed E-state index contributed by atoms with van der Waals surface area (Å²) < 4.78 is 14.3. The van der Waals surface area contributed by atoms with Crippen molar-refractivity contribution >= 4 is 53.5 Å². The van der Waals surface area contributed by atoms with Crippen LogP contribution in [0, 0.1) is 5.41 Å². The number of fused-ring (bicyclic) bond motifs is 3. The van der Waals surface area contributed by atoms with Gasteiger partial charge >= 0.3 is 5.97 Å². The first-order valence-corrected chi connectivity index (χ1v) is 12.8. The summed E-state index contributed by atoms with van der Waals surface area (Å²) in [5.74, 6) is -0.124. The third-order valence-corrected chi connectivity index (χ3v) is 4.66. The lowest BCUT2D eigenvalue weighted by molar-refractivity contribution is -0.154. The van der Waals surface area contributed by atoms with Gasteiger partial charge in [-0.25, -0.2) is 0 Å². The average Bonchev–Trinajstić information content (AvgIpc) is 2.95. The van der Waals surface area contributed by atoms with Gasteiger partial charge in [0.15, 0.2) is 0 Å². The number of aromatic nitrogens is 1. The van der Waals surface area contributed by atoms with E-state index in [1.54, 1.807) is 0 Å². The minimum Gasteiger partial charge on any atom is -0.463 e. The molecule has 6 heteroatoms. The molecule has 0 radical (unpaired) electrons. The fraction of sp³-hybridized carbons (Fsp3) is 0.350. The van der Waals surface area contributed by atoms with E-state index in [2.05, 4.69) is 58.8 Å². The third kappa shape index (κ3) is 4.83. The van der Waals surface area contributed by atoms with Crippen LogP contribution in [0.3, 0.4) is 0 Å². The molecule has 0 aliphatic carbocycles. The first-order valence-electron chi connectivity index (χ1n) is 9.14. The molecular formula is C20H28NO2P3. The van der Waals surface area contributed by atoms with Crippen molar-refractivity contribution < 1.29 is 9.53 Å².